The largest absolute Gasteiger partial charge is 0.371 e. The molecule has 0 spiro atoms. The van der Waals surface area contributed by atoms with Gasteiger partial charge in [0.05, 0.1) is 24.4 Å². The third kappa shape index (κ3) is 4.52. The first-order valence-corrected chi connectivity index (χ1v) is 10.7. The van der Waals surface area contributed by atoms with Crippen molar-refractivity contribution in [2.24, 2.45) is 0 Å². The van der Waals surface area contributed by atoms with E-state index in [1.54, 1.807) is 18.3 Å². The molecule has 7 heteroatoms. The van der Waals surface area contributed by atoms with E-state index in [2.05, 4.69) is 20.4 Å². The average molecular weight is 431 g/mol. The molecule has 160 valence electrons. The molecule has 0 amide bonds. The first-order chi connectivity index (χ1) is 14.5. The number of benzene rings is 2. The van der Waals surface area contributed by atoms with Crippen LogP contribution in [-0.4, -0.2) is 55.4 Å². The Labute approximate surface area is 181 Å². The molecule has 1 aliphatic rings. The molecule has 2 heterocycles. The van der Waals surface area contributed by atoms with Gasteiger partial charge in [0.2, 0.25) is 0 Å². The van der Waals surface area contributed by atoms with E-state index in [0.717, 1.165) is 48.0 Å². The average Bonchev–Trinajstić information content (AvgIpc) is 3.20. The van der Waals surface area contributed by atoms with Gasteiger partial charge in [0.25, 0.3) is 0 Å². The Morgan fingerprint density at radius 2 is 1.93 bits per heavy atom. The minimum atomic E-state index is -0.213. The van der Waals surface area contributed by atoms with Crippen molar-refractivity contribution in [3.8, 4) is 0 Å². The Bertz CT molecular complexity index is 983. The van der Waals surface area contributed by atoms with E-state index in [0.29, 0.717) is 18.2 Å². The summed E-state index contributed by atoms with van der Waals surface area (Å²) in [6.07, 6.45) is 3.50. The maximum atomic E-state index is 13.5. The number of nitrogens with zero attached hydrogens (tertiary/aromatic N) is 2. The van der Waals surface area contributed by atoms with Crippen LogP contribution in [0.25, 0.3) is 10.9 Å². The lowest BCUT2D eigenvalue weighted by atomic mass is 9.74. The Balaban J connectivity index is 1.65. The molecule has 1 fully saturated rings. The normalized spacial score (nSPS) is 17.5. The number of aromatic amines is 1. The number of hydrogen-bond acceptors (Lipinski definition) is 4. The summed E-state index contributed by atoms with van der Waals surface area (Å²) in [4.78, 5) is 2.11. The SMILES string of the molecule is CN(C)CC(OCC1(c2ccc(F)cc2)CCNCC1)c1cc(Cl)cc2cn[nH]c12. The Hall–Kier alpha value is -1.99. The van der Waals surface area contributed by atoms with Gasteiger partial charge in [0.1, 0.15) is 5.82 Å². The molecule has 2 N–H and O–H groups in total. The van der Waals surface area contributed by atoms with Crippen molar-refractivity contribution in [2.45, 2.75) is 24.4 Å². The van der Waals surface area contributed by atoms with Crippen molar-refractivity contribution in [3.63, 3.8) is 0 Å². The summed E-state index contributed by atoms with van der Waals surface area (Å²) in [6.45, 7) is 3.11. The molecule has 4 rings (SSSR count). The third-order valence-electron chi connectivity index (χ3n) is 6.00. The van der Waals surface area contributed by atoms with Crippen LogP contribution in [0.4, 0.5) is 4.39 Å². The van der Waals surface area contributed by atoms with E-state index in [9.17, 15) is 4.39 Å². The minimum Gasteiger partial charge on any atom is -0.371 e. The van der Waals surface area contributed by atoms with Gasteiger partial charge in [-0.25, -0.2) is 4.39 Å². The second kappa shape index (κ2) is 9.02. The monoisotopic (exact) mass is 430 g/mol. The zero-order chi connectivity index (χ0) is 21.1. The molecule has 1 unspecified atom stereocenters. The number of likely N-dealkylation sites (N-methyl/N-ethyl adjacent to an activating group) is 1. The lowest BCUT2D eigenvalue weighted by molar-refractivity contribution is -0.00421. The Kier molecular flexibility index (Phi) is 6.39. The summed E-state index contributed by atoms with van der Waals surface area (Å²) in [5.41, 5.74) is 2.95. The molecule has 1 saturated heterocycles. The molecule has 30 heavy (non-hydrogen) atoms. The van der Waals surface area contributed by atoms with Crippen LogP contribution in [0.1, 0.15) is 30.1 Å². The molecule has 0 saturated carbocycles. The first-order valence-electron chi connectivity index (χ1n) is 10.3. The fourth-order valence-electron chi connectivity index (χ4n) is 4.36. The highest BCUT2D eigenvalue weighted by molar-refractivity contribution is 6.31. The van der Waals surface area contributed by atoms with Crippen LogP contribution in [-0.2, 0) is 10.2 Å². The predicted octanol–water partition coefficient (Wildman–Crippen LogP) is 4.30. The van der Waals surface area contributed by atoms with Crippen LogP contribution in [0, 0.1) is 5.82 Å². The molecule has 1 atom stereocenters. The van der Waals surface area contributed by atoms with Crippen LogP contribution < -0.4 is 5.32 Å². The number of piperidine rings is 1. The quantitative estimate of drug-likeness (QED) is 0.587. The molecular weight excluding hydrogens is 403 g/mol. The van der Waals surface area contributed by atoms with E-state index >= 15 is 0 Å². The number of halogens is 2. The maximum absolute atomic E-state index is 13.5. The number of aromatic nitrogens is 2. The minimum absolute atomic E-state index is 0.144. The fraction of sp³-hybridized carbons (Fsp3) is 0.435. The van der Waals surface area contributed by atoms with Crippen molar-refractivity contribution in [2.75, 3.05) is 40.3 Å². The first kappa shape index (κ1) is 21.2. The van der Waals surface area contributed by atoms with Crippen molar-refractivity contribution in [3.05, 3.63) is 64.6 Å². The van der Waals surface area contributed by atoms with Crippen molar-refractivity contribution in [1.82, 2.24) is 20.4 Å². The van der Waals surface area contributed by atoms with Gasteiger partial charge in [-0.15, -0.1) is 0 Å². The fourth-order valence-corrected chi connectivity index (χ4v) is 4.59. The summed E-state index contributed by atoms with van der Waals surface area (Å²) >= 11 is 6.39. The van der Waals surface area contributed by atoms with E-state index in [4.69, 9.17) is 16.3 Å². The van der Waals surface area contributed by atoms with Crippen molar-refractivity contribution in [1.29, 1.82) is 0 Å². The van der Waals surface area contributed by atoms with E-state index in [1.165, 1.54) is 0 Å². The van der Waals surface area contributed by atoms with Crippen LogP contribution in [0.3, 0.4) is 0 Å². The second-order valence-electron chi connectivity index (χ2n) is 8.43. The van der Waals surface area contributed by atoms with Gasteiger partial charge in [0.15, 0.2) is 0 Å². The number of ether oxygens (including phenoxy) is 1. The van der Waals surface area contributed by atoms with Gasteiger partial charge in [0, 0.05) is 27.9 Å². The van der Waals surface area contributed by atoms with Gasteiger partial charge in [-0.3, -0.25) is 5.10 Å². The topological polar surface area (TPSA) is 53.2 Å². The van der Waals surface area contributed by atoms with E-state index in [1.807, 2.05) is 38.4 Å². The highest BCUT2D eigenvalue weighted by Gasteiger charge is 2.35. The zero-order valence-corrected chi connectivity index (χ0v) is 18.2. The second-order valence-corrected chi connectivity index (χ2v) is 8.86. The van der Waals surface area contributed by atoms with Crippen molar-refractivity contribution < 1.29 is 9.13 Å². The molecule has 1 aliphatic heterocycles. The maximum Gasteiger partial charge on any atom is 0.123 e. The van der Waals surface area contributed by atoms with Crippen LogP contribution in [0.15, 0.2) is 42.6 Å². The molecular formula is C23H28ClFN4O. The van der Waals surface area contributed by atoms with Crippen molar-refractivity contribution >= 4 is 22.5 Å². The summed E-state index contributed by atoms with van der Waals surface area (Å²) < 4.78 is 20.2. The van der Waals surface area contributed by atoms with Gasteiger partial charge >= 0.3 is 0 Å². The molecule has 0 aliphatic carbocycles. The van der Waals surface area contributed by atoms with Crippen LogP contribution in [0.2, 0.25) is 5.02 Å². The summed E-state index contributed by atoms with van der Waals surface area (Å²) in [5.74, 6) is -0.213. The van der Waals surface area contributed by atoms with E-state index < -0.39 is 0 Å². The number of fused-ring (bicyclic) bond motifs is 1. The zero-order valence-electron chi connectivity index (χ0n) is 17.4. The van der Waals surface area contributed by atoms with E-state index in [-0.39, 0.29) is 17.3 Å². The number of nitrogens with one attached hydrogen (secondary N) is 2. The highest BCUT2D eigenvalue weighted by Crippen LogP contribution is 2.37. The van der Waals surface area contributed by atoms with Crippen LogP contribution >= 0.6 is 11.6 Å². The molecule has 0 radical (unpaired) electrons. The molecule has 3 aromatic rings. The smallest absolute Gasteiger partial charge is 0.123 e. The van der Waals surface area contributed by atoms with Gasteiger partial charge in [-0.1, -0.05) is 23.7 Å². The molecule has 2 aromatic carbocycles. The number of H-pyrrole nitrogens is 1. The summed E-state index contributed by atoms with van der Waals surface area (Å²) in [7, 11) is 4.07. The summed E-state index contributed by atoms with van der Waals surface area (Å²) in [6, 6.07) is 10.8. The lowest BCUT2D eigenvalue weighted by Gasteiger charge is -2.39. The molecule has 1 aromatic heterocycles. The van der Waals surface area contributed by atoms with Gasteiger partial charge in [-0.05, 0) is 69.9 Å². The number of rotatable bonds is 7. The number of hydrogen-bond donors (Lipinski definition) is 2. The summed E-state index contributed by atoms with van der Waals surface area (Å²) in [5, 5.41) is 12.4. The van der Waals surface area contributed by atoms with Crippen LogP contribution in [0.5, 0.6) is 0 Å². The third-order valence-corrected chi connectivity index (χ3v) is 6.22. The lowest BCUT2D eigenvalue weighted by Crippen LogP contribution is -2.43. The predicted molar refractivity (Wildman–Crippen MR) is 119 cm³/mol. The Morgan fingerprint density at radius 1 is 1.20 bits per heavy atom. The van der Waals surface area contributed by atoms with Gasteiger partial charge < -0.3 is 15.0 Å². The molecule has 5 nitrogen and oxygen atoms in total. The standard InChI is InChI=1S/C23H28ClFN4O/c1-29(2)14-21(20-12-18(24)11-16-13-27-28-22(16)20)30-15-23(7-9-26-10-8-23)17-3-5-19(25)6-4-17/h3-6,11-13,21,26H,7-10,14-15H2,1-2H3,(H,27,28). The highest BCUT2D eigenvalue weighted by atomic mass is 35.5. The molecule has 0 bridgehead atoms. The van der Waals surface area contributed by atoms with Gasteiger partial charge in [-0.2, -0.15) is 5.10 Å². The Morgan fingerprint density at radius 3 is 2.63 bits per heavy atom.